The highest BCUT2D eigenvalue weighted by Crippen LogP contribution is 2.29. The lowest BCUT2D eigenvalue weighted by molar-refractivity contribution is 0.415. The highest BCUT2D eigenvalue weighted by atomic mass is 32.1. The highest BCUT2D eigenvalue weighted by Gasteiger charge is 2.10. The van der Waals surface area contributed by atoms with Crippen molar-refractivity contribution in [3.8, 4) is 17.1 Å². The van der Waals surface area contributed by atoms with Gasteiger partial charge in [-0.3, -0.25) is 0 Å². The molecule has 0 unspecified atom stereocenters. The van der Waals surface area contributed by atoms with E-state index in [0.717, 1.165) is 33.2 Å². The summed E-state index contributed by atoms with van der Waals surface area (Å²) in [6.07, 6.45) is 0. The number of aromatic nitrogens is 2. The molecule has 0 saturated carbocycles. The summed E-state index contributed by atoms with van der Waals surface area (Å²) in [5.74, 6) is 0.818. The van der Waals surface area contributed by atoms with Crippen LogP contribution < -0.4 is 9.64 Å². The first kappa shape index (κ1) is 17.2. The molecule has 0 fully saturated rings. The molecule has 0 bridgehead atoms. The lowest BCUT2D eigenvalue weighted by Crippen LogP contribution is -2.07. The third-order valence-electron chi connectivity index (χ3n) is 3.36. The fourth-order valence-electron chi connectivity index (χ4n) is 2.23. The van der Waals surface area contributed by atoms with Gasteiger partial charge in [-0.05, 0) is 30.7 Å². The molecule has 4 nitrogen and oxygen atoms in total. The van der Waals surface area contributed by atoms with Gasteiger partial charge in [0.1, 0.15) is 11.4 Å². The molecule has 0 amide bonds. The maximum atomic E-state index is 5.28. The molecule has 1 aromatic carbocycles. The Kier molecular flexibility index (Phi) is 5.55. The summed E-state index contributed by atoms with van der Waals surface area (Å²) in [5.41, 5.74) is 3.94. The van der Waals surface area contributed by atoms with E-state index in [1.54, 1.807) is 18.4 Å². The maximum Gasteiger partial charge on any atom is 0.185 e. The molecule has 2 heterocycles. The zero-order chi connectivity index (χ0) is 17.0. The van der Waals surface area contributed by atoms with Gasteiger partial charge >= 0.3 is 0 Å². The number of methoxy groups -OCH3 is 1. The molecule has 0 aliphatic carbocycles. The molecule has 0 spiro atoms. The molecular formula is C18H23N3OS. The molecule has 0 N–H and O–H groups in total. The molecule has 122 valence electrons. The molecule has 0 saturated heterocycles. The second-order valence-corrected chi connectivity index (χ2v) is 5.95. The van der Waals surface area contributed by atoms with Crippen LogP contribution in [0.3, 0.4) is 0 Å². The zero-order valence-electron chi connectivity index (χ0n) is 14.5. The maximum absolute atomic E-state index is 5.28. The van der Waals surface area contributed by atoms with Crippen molar-refractivity contribution in [1.82, 2.24) is 9.97 Å². The number of pyridine rings is 1. The van der Waals surface area contributed by atoms with Gasteiger partial charge in [-0.1, -0.05) is 13.8 Å². The normalized spacial score (nSPS) is 10.2. The topological polar surface area (TPSA) is 38.2 Å². The average Bonchev–Trinajstić information content (AvgIpc) is 3.06. The van der Waals surface area contributed by atoms with Gasteiger partial charge in [0.05, 0.1) is 18.3 Å². The van der Waals surface area contributed by atoms with Crippen molar-refractivity contribution in [2.45, 2.75) is 20.8 Å². The molecular weight excluding hydrogens is 306 g/mol. The number of aryl methyl sites for hydroxylation is 1. The Labute approximate surface area is 141 Å². The highest BCUT2D eigenvalue weighted by molar-refractivity contribution is 7.14. The minimum absolute atomic E-state index is 0.818. The van der Waals surface area contributed by atoms with E-state index in [4.69, 9.17) is 9.72 Å². The standard InChI is InChI=1S/C16H17N3OS.C2H6/c1-10-7-14(15-9-21-16(18-15)19(2)3)17-13-8-11(20-4)5-6-12(10)13;1-2/h5-9H,1-4H3;1-2H3. The number of ether oxygens (including phenoxy) is 1. The fourth-order valence-corrected chi connectivity index (χ4v) is 2.98. The van der Waals surface area contributed by atoms with Crippen molar-refractivity contribution in [3.05, 3.63) is 35.2 Å². The van der Waals surface area contributed by atoms with Crippen LogP contribution in [0.4, 0.5) is 5.13 Å². The summed E-state index contributed by atoms with van der Waals surface area (Å²) in [5, 5.41) is 4.17. The third kappa shape index (κ3) is 3.62. The average molecular weight is 329 g/mol. The Morgan fingerprint density at radius 1 is 1.04 bits per heavy atom. The first-order valence-electron chi connectivity index (χ1n) is 7.67. The van der Waals surface area contributed by atoms with Crippen molar-refractivity contribution in [2.75, 3.05) is 26.1 Å². The lowest BCUT2D eigenvalue weighted by atomic mass is 10.1. The fraction of sp³-hybridized carbons (Fsp3) is 0.333. The SMILES string of the molecule is CC.COc1ccc2c(C)cc(-c3csc(N(C)C)n3)nc2c1. The third-order valence-corrected chi connectivity index (χ3v) is 4.37. The van der Waals surface area contributed by atoms with Crippen molar-refractivity contribution in [3.63, 3.8) is 0 Å². The number of thiazole rings is 1. The number of hydrogen-bond donors (Lipinski definition) is 0. The minimum Gasteiger partial charge on any atom is -0.497 e. The Morgan fingerprint density at radius 3 is 2.39 bits per heavy atom. The number of rotatable bonds is 3. The molecule has 2 aromatic heterocycles. The van der Waals surface area contributed by atoms with E-state index in [0.29, 0.717) is 0 Å². The second kappa shape index (κ2) is 7.42. The van der Waals surface area contributed by atoms with Gasteiger partial charge in [-0.2, -0.15) is 0 Å². The predicted molar refractivity (Wildman–Crippen MR) is 99.8 cm³/mol. The van der Waals surface area contributed by atoms with E-state index in [1.807, 2.05) is 56.4 Å². The molecule has 0 radical (unpaired) electrons. The Hall–Kier alpha value is -2.14. The van der Waals surface area contributed by atoms with Crippen molar-refractivity contribution in [1.29, 1.82) is 0 Å². The number of benzene rings is 1. The number of anilines is 1. The van der Waals surface area contributed by atoms with Crippen LogP contribution in [0.1, 0.15) is 19.4 Å². The summed E-state index contributed by atoms with van der Waals surface area (Å²) in [4.78, 5) is 11.4. The van der Waals surface area contributed by atoms with Gasteiger partial charge in [0, 0.05) is 30.9 Å². The van der Waals surface area contributed by atoms with Crippen LogP contribution >= 0.6 is 11.3 Å². The van der Waals surface area contributed by atoms with E-state index >= 15 is 0 Å². The quantitative estimate of drug-likeness (QED) is 0.694. The molecule has 3 rings (SSSR count). The molecule has 0 atom stereocenters. The van der Waals surface area contributed by atoms with Crippen LogP contribution in [0.25, 0.3) is 22.3 Å². The largest absolute Gasteiger partial charge is 0.497 e. The van der Waals surface area contributed by atoms with Crippen molar-refractivity contribution in [2.24, 2.45) is 0 Å². The molecule has 0 aliphatic rings. The van der Waals surface area contributed by atoms with Gasteiger partial charge in [-0.15, -0.1) is 11.3 Å². The molecule has 0 aliphatic heterocycles. The zero-order valence-corrected chi connectivity index (χ0v) is 15.4. The van der Waals surface area contributed by atoms with Crippen molar-refractivity contribution >= 4 is 27.4 Å². The summed E-state index contributed by atoms with van der Waals surface area (Å²) in [7, 11) is 5.65. The van der Waals surface area contributed by atoms with Crippen LogP contribution in [-0.2, 0) is 0 Å². The van der Waals surface area contributed by atoms with Crippen LogP contribution in [0, 0.1) is 6.92 Å². The summed E-state index contributed by atoms with van der Waals surface area (Å²) in [6, 6.07) is 8.06. The molecule has 3 aromatic rings. The molecule has 5 heteroatoms. The molecule has 23 heavy (non-hydrogen) atoms. The van der Waals surface area contributed by atoms with Crippen LogP contribution in [0.15, 0.2) is 29.6 Å². The smallest absolute Gasteiger partial charge is 0.185 e. The van der Waals surface area contributed by atoms with Crippen LogP contribution in [0.2, 0.25) is 0 Å². The van der Waals surface area contributed by atoms with Crippen LogP contribution in [-0.4, -0.2) is 31.2 Å². The summed E-state index contributed by atoms with van der Waals surface area (Å²) in [6.45, 7) is 6.10. The number of hydrogen-bond acceptors (Lipinski definition) is 5. The minimum atomic E-state index is 0.818. The summed E-state index contributed by atoms with van der Waals surface area (Å²) < 4.78 is 5.28. The Morgan fingerprint density at radius 2 is 1.78 bits per heavy atom. The van der Waals surface area contributed by atoms with Crippen LogP contribution in [0.5, 0.6) is 5.75 Å². The Bertz CT molecular complexity index is 796. The van der Waals surface area contributed by atoms with Gasteiger partial charge in [0.2, 0.25) is 0 Å². The van der Waals surface area contributed by atoms with E-state index in [9.17, 15) is 0 Å². The Balaban J connectivity index is 0.000000924. The van der Waals surface area contributed by atoms with E-state index in [2.05, 4.69) is 18.0 Å². The second-order valence-electron chi connectivity index (χ2n) is 5.12. The van der Waals surface area contributed by atoms with E-state index < -0.39 is 0 Å². The lowest BCUT2D eigenvalue weighted by Gasteiger charge is -2.07. The van der Waals surface area contributed by atoms with Gasteiger partial charge < -0.3 is 9.64 Å². The van der Waals surface area contributed by atoms with Crippen molar-refractivity contribution < 1.29 is 4.74 Å². The van der Waals surface area contributed by atoms with Gasteiger partial charge in [-0.25, -0.2) is 9.97 Å². The van der Waals surface area contributed by atoms with Gasteiger partial charge in [0.15, 0.2) is 5.13 Å². The van der Waals surface area contributed by atoms with Gasteiger partial charge in [0.25, 0.3) is 0 Å². The monoisotopic (exact) mass is 329 g/mol. The first-order valence-corrected chi connectivity index (χ1v) is 8.55. The first-order chi connectivity index (χ1) is 11.1. The summed E-state index contributed by atoms with van der Waals surface area (Å²) >= 11 is 1.62. The number of fused-ring (bicyclic) bond motifs is 1. The van der Waals surface area contributed by atoms with E-state index in [-0.39, 0.29) is 0 Å². The number of nitrogens with zero attached hydrogens (tertiary/aromatic N) is 3. The van der Waals surface area contributed by atoms with E-state index in [1.165, 1.54) is 5.56 Å². The predicted octanol–water partition coefficient (Wildman–Crippen LogP) is 4.77.